The highest BCUT2D eigenvalue weighted by atomic mass is 32.2. The van der Waals surface area contributed by atoms with E-state index in [9.17, 15) is 9.00 Å². The van der Waals surface area contributed by atoms with Gasteiger partial charge in [0, 0.05) is 49.0 Å². The number of hydrogen-bond donors (Lipinski definition) is 1. The molecule has 0 aliphatic carbocycles. The van der Waals surface area contributed by atoms with Gasteiger partial charge < -0.3 is 18.8 Å². The van der Waals surface area contributed by atoms with Gasteiger partial charge in [-0.25, -0.2) is 9.00 Å². The molecule has 6 nitrogen and oxygen atoms in total. The van der Waals surface area contributed by atoms with Crippen molar-refractivity contribution in [1.29, 1.82) is 0 Å². The predicted molar refractivity (Wildman–Crippen MR) is 195 cm³/mol. The highest BCUT2D eigenvalue weighted by Gasteiger charge is 2.16. The van der Waals surface area contributed by atoms with Crippen molar-refractivity contribution in [2.75, 3.05) is 41.7 Å². The number of nitrogens with zero attached hydrogens (tertiary/aromatic N) is 2. The number of anilines is 2. The average Bonchev–Trinajstić information content (AvgIpc) is 2.99. The number of rotatable bonds is 14. The van der Waals surface area contributed by atoms with Gasteiger partial charge in [-0.3, -0.25) is 0 Å². The minimum absolute atomic E-state index is 0.0292. The van der Waals surface area contributed by atoms with Crippen molar-refractivity contribution in [1.82, 2.24) is 0 Å². The van der Waals surface area contributed by atoms with E-state index in [4.69, 9.17) is 8.97 Å². The van der Waals surface area contributed by atoms with Crippen molar-refractivity contribution in [3.8, 4) is 0 Å². The summed E-state index contributed by atoms with van der Waals surface area (Å²) in [6, 6.07) is 14.3. The minimum atomic E-state index is -1.77. The van der Waals surface area contributed by atoms with E-state index in [1.54, 1.807) is 6.08 Å². The second-order valence-corrected chi connectivity index (χ2v) is 13.2. The largest absolute Gasteiger partial charge is 0.422 e. The Morgan fingerprint density at radius 3 is 2.22 bits per heavy atom. The first kappa shape index (κ1) is 35.8. The minimum Gasteiger partial charge on any atom is -0.422 e. The quantitative estimate of drug-likeness (QED) is 0.109. The van der Waals surface area contributed by atoms with E-state index in [0.717, 1.165) is 59.6 Å². The van der Waals surface area contributed by atoms with Crippen LogP contribution in [0.2, 0.25) is 0 Å². The molecule has 1 aromatic heterocycles. The zero-order valence-electron chi connectivity index (χ0n) is 28.2. The van der Waals surface area contributed by atoms with Gasteiger partial charge in [0.2, 0.25) is 0 Å². The van der Waals surface area contributed by atoms with Crippen LogP contribution in [0.15, 0.2) is 87.6 Å². The fourth-order valence-electron chi connectivity index (χ4n) is 5.47. The Morgan fingerprint density at radius 2 is 1.62 bits per heavy atom. The maximum Gasteiger partial charge on any atom is 0.343 e. The normalized spacial score (nSPS) is 13.7. The summed E-state index contributed by atoms with van der Waals surface area (Å²) in [5.41, 5.74) is 7.39. The second-order valence-electron chi connectivity index (χ2n) is 12.2. The van der Waals surface area contributed by atoms with Crippen LogP contribution in [0.25, 0.3) is 22.6 Å². The van der Waals surface area contributed by atoms with Gasteiger partial charge in [0.15, 0.2) is 11.1 Å². The van der Waals surface area contributed by atoms with Gasteiger partial charge in [-0.1, -0.05) is 57.2 Å². The Hall–Kier alpha value is -3.68. The first-order valence-corrected chi connectivity index (χ1v) is 17.2. The Kier molecular flexibility index (Phi) is 13.2. The standard InChI is InChI=1S/C38H50N2O4S/c1-9-32(38(6,7)8)26-29(35-21-20-33(24-28(35)5)40(12-4)22-15-23-45(42)43)16-13-14-17-31-25-30-18-19-34(39(10-2)11-3)27-36(30)44-37(31)41/h9,13-14,16-21,24-27H,10-12,15,22-23H2,1-8H3,(H,42,43)/b16-13+,17-14+,29-26-,32-9+. The van der Waals surface area contributed by atoms with Crippen LogP contribution in [0.3, 0.4) is 0 Å². The third kappa shape index (κ3) is 9.90. The van der Waals surface area contributed by atoms with Gasteiger partial charge in [-0.15, -0.1) is 0 Å². The van der Waals surface area contributed by atoms with Gasteiger partial charge in [-0.05, 0) is 105 Å². The van der Waals surface area contributed by atoms with Crippen molar-refractivity contribution in [3.63, 3.8) is 0 Å². The summed E-state index contributed by atoms with van der Waals surface area (Å²) in [4.78, 5) is 17.3. The summed E-state index contributed by atoms with van der Waals surface area (Å²) in [6.45, 7) is 20.4. The maximum absolute atomic E-state index is 12.8. The molecule has 3 rings (SSSR count). The third-order valence-electron chi connectivity index (χ3n) is 8.04. The number of benzene rings is 2. The molecule has 45 heavy (non-hydrogen) atoms. The van der Waals surface area contributed by atoms with Crippen LogP contribution >= 0.6 is 0 Å². The lowest BCUT2D eigenvalue weighted by molar-refractivity contribution is 0.516. The molecule has 0 radical (unpaired) electrons. The van der Waals surface area contributed by atoms with E-state index < -0.39 is 11.1 Å². The summed E-state index contributed by atoms with van der Waals surface area (Å²) in [7, 11) is 0. The molecule has 7 heteroatoms. The van der Waals surface area contributed by atoms with Gasteiger partial charge in [-0.2, -0.15) is 0 Å². The summed E-state index contributed by atoms with van der Waals surface area (Å²) in [6.07, 6.45) is 12.8. The van der Waals surface area contributed by atoms with Crippen molar-refractivity contribution < 1.29 is 13.2 Å². The Morgan fingerprint density at radius 1 is 0.956 bits per heavy atom. The van der Waals surface area contributed by atoms with Crippen LogP contribution in [0, 0.1) is 12.3 Å². The highest BCUT2D eigenvalue weighted by Crippen LogP contribution is 2.32. The SMILES string of the molecule is C\C=C(/C=C(/C=C/C=C/c1cc2ccc(N(CC)CC)cc2oc1=O)c1ccc(N(CC)CCCS(=O)O)cc1C)C(C)(C)C. The van der Waals surface area contributed by atoms with Crippen molar-refractivity contribution in [2.45, 2.75) is 61.8 Å². The molecule has 0 spiro atoms. The lowest BCUT2D eigenvalue weighted by Gasteiger charge is -2.25. The molecule has 242 valence electrons. The van der Waals surface area contributed by atoms with Crippen LogP contribution in [-0.4, -0.2) is 40.7 Å². The number of aryl methyl sites for hydroxylation is 1. The third-order valence-corrected chi connectivity index (χ3v) is 8.68. The first-order chi connectivity index (χ1) is 21.4. The lowest BCUT2D eigenvalue weighted by Crippen LogP contribution is -2.25. The van der Waals surface area contributed by atoms with Crippen molar-refractivity contribution in [2.24, 2.45) is 5.41 Å². The van der Waals surface area contributed by atoms with Gasteiger partial charge in [0.25, 0.3) is 0 Å². The fourth-order valence-corrected chi connectivity index (χ4v) is 5.85. The maximum atomic E-state index is 12.8. The molecule has 0 amide bonds. The molecular weight excluding hydrogens is 580 g/mol. The Balaban J connectivity index is 1.94. The molecule has 0 saturated carbocycles. The molecule has 1 heterocycles. The lowest BCUT2D eigenvalue weighted by atomic mass is 9.84. The molecule has 0 saturated heterocycles. The smallest absolute Gasteiger partial charge is 0.343 e. The molecule has 0 fully saturated rings. The van der Waals surface area contributed by atoms with E-state index in [1.807, 2.05) is 30.4 Å². The van der Waals surface area contributed by atoms with E-state index in [0.29, 0.717) is 17.6 Å². The highest BCUT2D eigenvalue weighted by molar-refractivity contribution is 7.79. The predicted octanol–water partition coefficient (Wildman–Crippen LogP) is 9.03. The molecular formula is C38H50N2O4S. The fraction of sp³-hybridized carbons (Fsp3) is 0.395. The number of allylic oxidation sites excluding steroid dienone is 7. The number of fused-ring (bicyclic) bond motifs is 1. The monoisotopic (exact) mass is 630 g/mol. The average molecular weight is 631 g/mol. The van der Waals surface area contributed by atoms with Crippen LogP contribution in [-0.2, 0) is 11.1 Å². The molecule has 0 aliphatic rings. The van der Waals surface area contributed by atoms with Gasteiger partial charge in [0.05, 0.1) is 11.3 Å². The zero-order valence-corrected chi connectivity index (χ0v) is 29.0. The van der Waals surface area contributed by atoms with Crippen molar-refractivity contribution in [3.05, 3.63) is 106 Å². The van der Waals surface area contributed by atoms with E-state index in [-0.39, 0.29) is 16.8 Å². The molecule has 0 aliphatic heterocycles. The molecule has 2 aromatic carbocycles. The second kappa shape index (κ2) is 16.6. The molecule has 0 bridgehead atoms. The topological polar surface area (TPSA) is 74.0 Å². The molecule has 1 unspecified atom stereocenters. The van der Waals surface area contributed by atoms with Crippen LogP contribution < -0.4 is 15.4 Å². The summed E-state index contributed by atoms with van der Waals surface area (Å²) in [5.74, 6) is 0.274. The van der Waals surface area contributed by atoms with E-state index in [2.05, 4.69) is 108 Å². The van der Waals surface area contributed by atoms with Crippen LogP contribution in [0.1, 0.15) is 71.6 Å². The molecule has 1 N–H and O–H groups in total. The zero-order chi connectivity index (χ0) is 33.1. The number of hydrogen-bond acceptors (Lipinski definition) is 5. The Labute approximate surface area is 272 Å². The van der Waals surface area contributed by atoms with Crippen molar-refractivity contribution >= 4 is 45.1 Å². The van der Waals surface area contributed by atoms with Gasteiger partial charge in [0.1, 0.15) is 5.58 Å². The summed E-state index contributed by atoms with van der Waals surface area (Å²) < 4.78 is 26.0. The van der Waals surface area contributed by atoms with Crippen LogP contribution in [0.5, 0.6) is 0 Å². The molecule has 3 aromatic rings. The van der Waals surface area contributed by atoms with Crippen LogP contribution in [0.4, 0.5) is 11.4 Å². The van der Waals surface area contributed by atoms with Gasteiger partial charge >= 0.3 is 5.63 Å². The summed E-state index contributed by atoms with van der Waals surface area (Å²) in [5, 5.41) is 0.888. The first-order valence-electron chi connectivity index (χ1n) is 15.9. The Bertz CT molecular complexity index is 1650. The molecule has 1 atom stereocenters. The van der Waals surface area contributed by atoms with E-state index >= 15 is 0 Å². The summed E-state index contributed by atoms with van der Waals surface area (Å²) >= 11 is -1.77. The van der Waals surface area contributed by atoms with E-state index in [1.165, 1.54) is 5.57 Å².